The lowest BCUT2D eigenvalue weighted by Gasteiger charge is -2.28. The molecule has 9 amide bonds. The summed E-state index contributed by atoms with van der Waals surface area (Å²) in [6.45, 7) is -0.162. The normalized spacial score (nSPS) is 12.9. The predicted octanol–water partition coefficient (Wildman–Crippen LogP) is -7.54. The third kappa shape index (κ3) is 40.1. The lowest BCUT2D eigenvalue weighted by Crippen LogP contribution is -2.60. The molecular weight excluding hydrogens is 1710 g/mol. The molecule has 52 heteroatoms. The van der Waals surface area contributed by atoms with E-state index in [9.17, 15) is 58.2 Å². The molecule has 131 heavy (non-hydrogen) atoms. The van der Waals surface area contributed by atoms with E-state index in [1.807, 2.05) is 74.4 Å². The number of rotatable bonds is 58. The Labute approximate surface area is 756 Å². The number of nitrogens with one attached hydrogen (secondary N) is 27. The molecule has 720 valence electrons. The average Bonchev–Trinajstić information content (AvgIpc) is 0.742. The van der Waals surface area contributed by atoms with Crippen LogP contribution in [-0.2, 0) is 43.2 Å². The fourth-order valence-corrected chi connectivity index (χ4v) is 13.2. The maximum Gasteiger partial charge on any atom is 0.363 e. The smallest absolute Gasteiger partial charge is 0.363 e. The van der Waals surface area contributed by atoms with Gasteiger partial charge < -0.3 is 167 Å². The predicted molar refractivity (Wildman–Crippen MR) is 493 cm³/mol. The highest BCUT2D eigenvalue weighted by atomic mass is 16.4. The minimum Gasteiger partial charge on any atom is -0.545 e. The third-order valence-electron chi connectivity index (χ3n) is 20.0. The SMILES string of the molecule is CN(C)c1ccc2c(-c3ccc(C(=O)NC(=N)NCCC[C@H](N)C(=O)N[C@@H](CCCNC(=N)N)C(=O)N[C@@H](CCCNC(=N)N)C(=O)N[C@@H](CCCNC(=N)N)C(=O)N[C@@H](CCCNC(=N)N)C(=O)N[C@@H](CCCNC(=N)N)C(=O)N[C@@H](CCCNC(=N)N)C(=O)N[C@@H](CCCNC(=N)N)C(=O)N[C@@H](CCCNC(=N)N)C(=O)O)cc3C(=O)[O-])c3ccc(N(C)C)cc3[o+]c2c1. The molecule has 1 heterocycles. The van der Waals surface area contributed by atoms with Gasteiger partial charge in [0, 0.05) is 115 Å². The topological polar surface area (TPSA) is 914 Å². The first kappa shape index (κ1) is 108. The van der Waals surface area contributed by atoms with E-state index < -0.39 is 167 Å². The summed E-state index contributed by atoms with van der Waals surface area (Å²) in [4.78, 5) is 160. The van der Waals surface area contributed by atoms with Crippen molar-refractivity contribution in [1.29, 1.82) is 48.7 Å². The van der Waals surface area contributed by atoms with Crippen molar-refractivity contribution in [3.8, 4) is 11.1 Å². The molecule has 0 aliphatic rings. The Morgan fingerprint density at radius 1 is 0.351 bits per heavy atom. The van der Waals surface area contributed by atoms with Crippen LogP contribution in [0.2, 0.25) is 0 Å². The standard InChI is InChI=1S/C79H130N38O14/c1-116(2)42-24-27-45-57(39-42)131-58-40-43(117(3)4)25-28-46(58)59(45)44-26-23-41(38-47(44)69(127)128)60(118)115-79(97)106-37-5-14-48(80)61(119)107-49(15-6-29-98-71(81)82)62(120)108-50(16-7-30-99-72(83)84)63(121)109-51(17-8-31-100-73(85)86)64(122)110-52(18-9-32-101-74(87)88)65(123)111-53(19-10-33-102-75(89)90)66(124)112-54(20-11-34-103-76(91)92)67(125)113-55(21-12-35-104-77(93)94)68(126)114-56(70(129)130)22-13-36-105-78(95)96/h23-28,38-40,48-56H,5-22,29-37,80H2,1-4H3,(H44-,81,82,83,84,85,86,87,88,89,90,91,92,93,94,95,96,97,98,99,100,101,102,103,104,105,106,107,108,109,110,111,112,113,114,115,118,119,120,121,122,123,124,125,126,127,128,129,130)/t48-,49-,50-,51-,52-,53-,54-,55-,56-/m0/s1. The number of fused-ring (bicyclic) bond motifs is 2. The fraction of sp³-hybridized carbons (Fsp3) is 0.506. The molecule has 0 unspecified atom stereocenters. The van der Waals surface area contributed by atoms with Crippen LogP contribution in [0.4, 0.5) is 11.4 Å². The lowest BCUT2D eigenvalue weighted by atomic mass is 9.92. The zero-order chi connectivity index (χ0) is 97.6. The second-order valence-corrected chi connectivity index (χ2v) is 30.9. The highest BCUT2D eigenvalue weighted by Crippen LogP contribution is 2.41. The molecule has 0 fully saturated rings. The molecule has 0 saturated carbocycles. The zero-order valence-electron chi connectivity index (χ0n) is 73.8. The van der Waals surface area contributed by atoms with E-state index in [2.05, 4.69) is 95.7 Å². The van der Waals surface area contributed by atoms with Crippen molar-refractivity contribution in [1.82, 2.24) is 95.7 Å². The molecule has 3 aromatic carbocycles. The number of nitrogens with zero attached hydrogens (tertiary/aromatic N) is 2. The Bertz CT molecular complexity index is 4640. The molecule has 0 saturated heterocycles. The quantitative estimate of drug-likeness (QED) is 0.00642. The van der Waals surface area contributed by atoms with Crippen LogP contribution in [0, 0.1) is 48.7 Å². The van der Waals surface area contributed by atoms with Crippen molar-refractivity contribution in [3.05, 3.63) is 65.7 Å². The van der Waals surface area contributed by atoms with Crippen LogP contribution in [0.3, 0.4) is 0 Å². The van der Waals surface area contributed by atoms with Crippen LogP contribution < -0.4 is 162 Å². The lowest BCUT2D eigenvalue weighted by molar-refractivity contribution is -0.255. The molecule has 0 aliphatic carbocycles. The second-order valence-electron chi connectivity index (χ2n) is 30.9. The summed E-state index contributed by atoms with van der Waals surface area (Å²) >= 11 is 0. The van der Waals surface area contributed by atoms with Gasteiger partial charge in [0.15, 0.2) is 53.6 Å². The minimum atomic E-state index is -1.63. The third-order valence-corrected chi connectivity index (χ3v) is 20.0. The Kier molecular flexibility index (Phi) is 46.2. The van der Waals surface area contributed by atoms with Crippen molar-refractivity contribution in [3.63, 3.8) is 0 Å². The Hall–Kier alpha value is -15.3. The Balaban J connectivity index is 1.64. The molecule has 1 aromatic heterocycles. The number of benzene rings is 3. The number of carbonyl (C=O) groups is 11. The molecule has 0 spiro atoms. The van der Waals surface area contributed by atoms with E-state index in [0.717, 1.165) is 17.4 Å². The van der Waals surface area contributed by atoms with Gasteiger partial charge in [0.2, 0.25) is 47.3 Å². The van der Waals surface area contributed by atoms with Gasteiger partial charge >= 0.3 is 17.1 Å². The van der Waals surface area contributed by atoms with Crippen molar-refractivity contribution in [2.45, 2.75) is 170 Å². The molecule has 46 N–H and O–H groups in total. The number of hydrogen-bond donors (Lipinski definition) is 37. The molecule has 0 aliphatic heterocycles. The van der Waals surface area contributed by atoms with Crippen molar-refractivity contribution >= 4 is 152 Å². The molecular formula is C79H130N38O14. The highest BCUT2D eigenvalue weighted by Gasteiger charge is 2.37. The van der Waals surface area contributed by atoms with E-state index in [1.165, 1.54) is 12.1 Å². The van der Waals surface area contributed by atoms with Crippen molar-refractivity contribution in [2.75, 3.05) is 96.9 Å². The molecule has 4 rings (SSSR count). The Morgan fingerprint density at radius 3 is 0.863 bits per heavy atom. The first-order valence-corrected chi connectivity index (χ1v) is 42.2. The molecule has 0 radical (unpaired) electrons. The first-order valence-electron chi connectivity index (χ1n) is 42.2. The zero-order valence-corrected chi connectivity index (χ0v) is 73.8. The van der Waals surface area contributed by atoms with Crippen LogP contribution in [0.15, 0.2) is 59.0 Å². The number of carboxylic acid groups (broad SMARTS) is 2. The van der Waals surface area contributed by atoms with Crippen LogP contribution in [0.1, 0.15) is 136 Å². The summed E-state index contributed by atoms with van der Waals surface area (Å²) in [5.41, 5.74) is 53.5. The van der Waals surface area contributed by atoms with Gasteiger partial charge in [-0.15, -0.1) is 0 Å². The number of carboxylic acids is 2. The average molecular weight is 1840 g/mol. The van der Waals surface area contributed by atoms with Crippen molar-refractivity contribution < 1.29 is 67.4 Å². The van der Waals surface area contributed by atoms with Gasteiger partial charge in [-0.05, 0) is 158 Å². The maximum atomic E-state index is 15.0. The van der Waals surface area contributed by atoms with E-state index >= 15 is 4.79 Å². The van der Waals surface area contributed by atoms with E-state index in [1.54, 1.807) is 0 Å². The number of hydrogen-bond acceptors (Lipinski definition) is 24. The number of aromatic carboxylic acids is 1. The molecule has 9 atom stereocenters. The maximum absolute atomic E-state index is 15.0. The van der Waals surface area contributed by atoms with Gasteiger partial charge in [-0.2, -0.15) is 0 Å². The molecule has 0 bridgehead atoms. The highest BCUT2D eigenvalue weighted by molar-refractivity contribution is 6.14. The monoisotopic (exact) mass is 1840 g/mol. The number of carbonyl (C=O) groups excluding carboxylic acids is 10. The summed E-state index contributed by atoms with van der Waals surface area (Å²) in [6, 6.07) is 1.21. The van der Waals surface area contributed by atoms with Gasteiger partial charge in [-0.1, -0.05) is 6.07 Å². The van der Waals surface area contributed by atoms with Crippen LogP contribution in [-0.4, -0.2) is 265 Å². The first-order chi connectivity index (χ1) is 62.0. The summed E-state index contributed by atoms with van der Waals surface area (Å²) < 4.78 is 6.41. The summed E-state index contributed by atoms with van der Waals surface area (Å²) in [6.07, 6.45) is -1.53. The second kappa shape index (κ2) is 56.0. The number of nitrogens with two attached hydrogens (primary N) is 9. The van der Waals surface area contributed by atoms with Gasteiger partial charge in [0.1, 0.15) is 48.3 Å². The van der Waals surface area contributed by atoms with Crippen LogP contribution in [0.25, 0.3) is 33.1 Å². The van der Waals surface area contributed by atoms with Crippen molar-refractivity contribution in [2.24, 2.45) is 51.6 Å². The van der Waals surface area contributed by atoms with E-state index in [0.29, 0.717) is 27.5 Å². The summed E-state index contributed by atoms with van der Waals surface area (Å²) in [5, 5.41) is 141. The van der Waals surface area contributed by atoms with Crippen LogP contribution >= 0.6 is 0 Å². The number of guanidine groups is 9. The molecule has 4 aromatic rings. The largest absolute Gasteiger partial charge is 0.545 e. The number of aliphatic carboxylic acids is 1. The minimum absolute atomic E-state index is 0.00845. The van der Waals surface area contributed by atoms with E-state index in [-0.39, 0.29) is 197 Å². The Morgan fingerprint density at radius 2 is 0.603 bits per heavy atom. The van der Waals surface area contributed by atoms with Gasteiger partial charge in [-0.3, -0.25) is 97.2 Å². The number of anilines is 2. The van der Waals surface area contributed by atoms with E-state index in [4.69, 9.17) is 105 Å². The fourth-order valence-electron chi connectivity index (χ4n) is 13.2. The number of amides is 9. The molecule has 52 nitrogen and oxygen atoms in total. The van der Waals surface area contributed by atoms with Crippen LogP contribution in [0.5, 0.6) is 0 Å². The van der Waals surface area contributed by atoms with Gasteiger partial charge in [0.05, 0.1) is 34.9 Å². The van der Waals surface area contributed by atoms with Gasteiger partial charge in [0.25, 0.3) is 5.91 Å². The van der Waals surface area contributed by atoms with Gasteiger partial charge in [-0.25, -0.2) is 9.21 Å². The summed E-state index contributed by atoms with van der Waals surface area (Å²) in [7, 11) is 7.46. The summed E-state index contributed by atoms with van der Waals surface area (Å²) in [5.74, 6) is -15.7.